The molecule has 1 aliphatic rings. The summed E-state index contributed by atoms with van der Waals surface area (Å²) in [6.07, 6.45) is 2.15. The number of ether oxygens (including phenoxy) is 1. The summed E-state index contributed by atoms with van der Waals surface area (Å²) in [4.78, 5) is 29.2. The number of anilines is 1. The number of carbonyl (C=O) groups excluding carboxylic acids is 1. The molecule has 1 aliphatic heterocycles. The fourth-order valence-corrected chi connectivity index (χ4v) is 2.45. The highest BCUT2D eigenvalue weighted by Gasteiger charge is 2.16. The van der Waals surface area contributed by atoms with Crippen LogP contribution in [0.15, 0.2) is 16.0 Å². The minimum absolute atomic E-state index is 0.120. The quantitative estimate of drug-likeness (QED) is 0.507. The third kappa shape index (κ3) is 4.56. The van der Waals surface area contributed by atoms with Crippen molar-refractivity contribution in [2.75, 3.05) is 24.6 Å². The molecule has 0 aliphatic carbocycles. The van der Waals surface area contributed by atoms with Gasteiger partial charge in [0.2, 0.25) is 5.91 Å². The average molecular weight is 284 g/mol. The number of nitrogens with two attached hydrogens (primary N) is 1. The van der Waals surface area contributed by atoms with Crippen LogP contribution in [0.4, 0.5) is 5.82 Å². The van der Waals surface area contributed by atoms with E-state index < -0.39 is 0 Å². The number of hydrogen-bond acceptors (Lipinski definition) is 6. The van der Waals surface area contributed by atoms with Crippen LogP contribution >= 0.6 is 11.8 Å². The third-order valence-electron chi connectivity index (χ3n) is 2.63. The molecule has 0 saturated carbocycles. The second kappa shape index (κ2) is 6.58. The highest BCUT2D eigenvalue weighted by Crippen LogP contribution is 2.12. The highest BCUT2D eigenvalue weighted by molar-refractivity contribution is 7.99. The monoisotopic (exact) mass is 284 g/mol. The lowest BCUT2D eigenvalue weighted by molar-refractivity contribution is -0.119. The van der Waals surface area contributed by atoms with E-state index in [2.05, 4.69) is 15.3 Å². The van der Waals surface area contributed by atoms with Crippen LogP contribution in [0.5, 0.6) is 0 Å². The Labute approximate surface area is 114 Å². The maximum absolute atomic E-state index is 11.6. The van der Waals surface area contributed by atoms with Gasteiger partial charge in [-0.2, -0.15) is 0 Å². The fraction of sp³-hybridized carbons (Fsp3) is 0.545. The third-order valence-corrected chi connectivity index (χ3v) is 3.50. The summed E-state index contributed by atoms with van der Waals surface area (Å²) in [7, 11) is 0. The van der Waals surface area contributed by atoms with Crippen molar-refractivity contribution in [3.63, 3.8) is 0 Å². The number of nitrogens with one attached hydrogen (secondary N) is 2. The molecule has 8 heteroatoms. The zero-order valence-electron chi connectivity index (χ0n) is 10.3. The molecular weight excluding hydrogens is 268 g/mol. The van der Waals surface area contributed by atoms with E-state index in [4.69, 9.17) is 10.5 Å². The number of carbonyl (C=O) groups is 1. The number of nitrogen functional groups attached to an aromatic ring is 1. The molecule has 2 heterocycles. The predicted molar refractivity (Wildman–Crippen MR) is 72.0 cm³/mol. The molecule has 1 saturated heterocycles. The van der Waals surface area contributed by atoms with Gasteiger partial charge in [-0.15, -0.1) is 0 Å². The number of H-pyrrole nitrogens is 1. The van der Waals surface area contributed by atoms with Crippen LogP contribution in [0.1, 0.15) is 12.8 Å². The average Bonchev–Trinajstić information content (AvgIpc) is 2.86. The van der Waals surface area contributed by atoms with Crippen LogP contribution in [-0.4, -0.2) is 40.9 Å². The van der Waals surface area contributed by atoms with Gasteiger partial charge in [-0.3, -0.25) is 9.59 Å². The van der Waals surface area contributed by atoms with E-state index in [1.807, 2.05) is 0 Å². The number of hydrogen-bond donors (Lipinski definition) is 3. The Kier molecular flexibility index (Phi) is 4.80. The molecule has 1 atom stereocenters. The summed E-state index contributed by atoms with van der Waals surface area (Å²) in [5.41, 5.74) is 5.12. The Hall–Kier alpha value is -1.54. The van der Waals surface area contributed by atoms with E-state index >= 15 is 0 Å². The number of rotatable bonds is 5. The molecular formula is C11H16N4O3S. The fourth-order valence-electron chi connectivity index (χ4n) is 1.74. The molecule has 0 bridgehead atoms. The van der Waals surface area contributed by atoms with Crippen molar-refractivity contribution in [3.8, 4) is 0 Å². The largest absolute Gasteiger partial charge is 0.383 e. The Morgan fingerprint density at radius 3 is 3.21 bits per heavy atom. The second-order valence-electron chi connectivity index (χ2n) is 4.20. The van der Waals surface area contributed by atoms with E-state index in [-0.39, 0.29) is 29.1 Å². The minimum atomic E-state index is -0.324. The van der Waals surface area contributed by atoms with Crippen molar-refractivity contribution < 1.29 is 9.53 Å². The van der Waals surface area contributed by atoms with E-state index in [0.29, 0.717) is 11.7 Å². The lowest BCUT2D eigenvalue weighted by Crippen LogP contribution is -2.33. The van der Waals surface area contributed by atoms with Crippen molar-refractivity contribution >= 4 is 23.5 Å². The SMILES string of the molecule is Nc1cc(=O)[nH]c(SCC(=O)NC[C@@H]2CCCO2)n1. The second-order valence-corrected chi connectivity index (χ2v) is 5.17. The number of amides is 1. The number of nitrogens with zero attached hydrogens (tertiary/aromatic N) is 1. The standard InChI is InChI=1S/C11H16N4O3S/c12-8-4-9(16)15-11(14-8)19-6-10(17)13-5-7-2-1-3-18-7/h4,7H,1-3,5-6H2,(H,13,17)(H3,12,14,15,16)/t7-/m0/s1. The molecule has 0 spiro atoms. The molecule has 2 rings (SSSR count). The van der Waals surface area contributed by atoms with Gasteiger partial charge in [0, 0.05) is 19.2 Å². The Morgan fingerprint density at radius 1 is 1.68 bits per heavy atom. The van der Waals surface area contributed by atoms with E-state index in [9.17, 15) is 9.59 Å². The molecule has 1 amide bonds. The highest BCUT2D eigenvalue weighted by atomic mass is 32.2. The summed E-state index contributed by atoms with van der Waals surface area (Å²) in [6, 6.07) is 1.20. The van der Waals surface area contributed by atoms with Gasteiger partial charge in [0.25, 0.3) is 5.56 Å². The zero-order valence-corrected chi connectivity index (χ0v) is 11.2. The van der Waals surface area contributed by atoms with Gasteiger partial charge in [0.1, 0.15) is 5.82 Å². The number of aromatic nitrogens is 2. The first-order chi connectivity index (χ1) is 9.13. The number of thioether (sulfide) groups is 1. The van der Waals surface area contributed by atoms with Crippen LogP contribution in [0.25, 0.3) is 0 Å². The van der Waals surface area contributed by atoms with Crippen LogP contribution in [0, 0.1) is 0 Å². The van der Waals surface area contributed by atoms with Crippen molar-refractivity contribution in [1.29, 1.82) is 0 Å². The van der Waals surface area contributed by atoms with Crippen LogP contribution < -0.4 is 16.6 Å². The molecule has 19 heavy (non-hydrogen) atoms. The van der Waals surface area contributed by atoms with Gasteiger partial charge in [0.15, 0.2) is 5.16 Å². The van der Waals surface area contributed by atoms with Crippen LogP contribution in [-0.2, 0) is 9.53 Å². The normalized spacial score (nSPS) is 18.4. The molecule has 0 aromatic carbocycles. The van der Waals surface area contributed by atoms with E-state index in [1.165, 1.54) is 6.07 Å². The molecule has 7 nitrogen and oxygen atoms in total. The molecule has 1 fully saturated rings. The van der Waals surface area contributed by atoms with Gasteiger partial charge in [0.05, 0.1) is 11.9 Å². The van der Waals surface area contributed by atoms with Gasteiger partial charge in [-0.05, 0) is 12.8 Å². The summed E-state index contributed by atoms with van der Waals surface area (Å²) in [6.45, 7) is 1.30. The lowest BCUT2D eigenvalue weighted by atomic mass is 10.2. The van der Waals surface area contributed by atoms with Gasteiger partial charge in [-0.1, -0.05) is 11.8 Å². The maximum Gasteiger partial charge on any atom is 0.253 e. The summed E-state index contributed by atoms with van der Waals surface area (Å²) in [5.74, 6) is 0.204. The Bertz CT molecular complexity index is 499. The zero-order chi connectivity index (χ0) is 13.7. The van der Waals surface area contributed by atoms with Crippen LogP contribution in [0.2, 0.25) is 0 Å². The van der Waals surface area contributed by atoms with Gasteiger partial charge in [-0.25, -0.2) is 4.98 Å². The summed E-state index contributed by atoms with van der Waals surface area (Å²) >= 11 is 1.14. The van der Waals surface area contributed by atoms with Gasteiger partial charge < -0.3 is 20.8 Å². The molecule has 1 aromatic heterocycles. The minimum Gasteiger partial charge on any atom is -0.383 e. The van der Waals surface area contributed by atoms with Crippen LogP contribution in [0.3, 0.4) is 0 Å². The first-order valence-electron chi connectivity index (χ1n) is 6.01. The van der Waals surface area contributed by atoms with Crippen molar-refractivity contribution in [3.05, 3.63) is 16.4 Å². The Morgan fingerprint density at radius 2 is 2.53 bits per heavy atom. The first kappa shape index (κ1) is 13.9. The van der Waals surface area contributed by atoms with Crippen molar-refractivity contribution in [2.24, 2.45) is 0 Å². The smallest absolute Gasteiger partial charge is 0.253 e. The van der Waals surface area contributed by atoms with Gasteiger partial charge >= 0.3 is 0 Å². The molecule has 0 unspecified atom stereocenters. The summed E-state index contributed by atoms with van der Waals surface area (Å²) in [5, 5.41) is 3.13. The predicted octanol–water partition coefficient (Wildman–Crippen LogP) is -0.261. The van der Waals surface area contributed by atoms with E-state index in [0.717, 1.165) is 31.2 Å². The molecule has 104 valence electrons. The lowest BCUT2D eigenvalue weighted by Gasteiger charge is -2.10. The summed E-state index contributed by atoms with van der Waals surface area (Å²) < 4.78 is 5.40. The molecule has 1 aromatic rings. The van der Waals surface area contributed by atoms with E-state index in [1.54, 1.807) is 0 Å². The van der Waals surface area contributed by atoms with Crippen molar-refractivity contribution in [1.82, 2.24) is 15.3 Å². The maximum atomic E-state index is 11.6. The topological polar surface area (TPSA) is 110 Å². The number of aromatic amines is 1. The Balaban J connectivity index is 1.74. The first-order valence-corrected chi connectivity index (χ1v) is 7.00. The molecule has 0 radical (unpaired) electrons. The van der Waals surface area contributed by atoms with Crippen molar-refractivity contribution in [2.45, 2.75) is 24.1 Å². The molecule has 4 N–H and O–H groups in total.